The number of anilines is 1. The number of likely N-dealkylation sites (tertiary alicyclic amines) is 1. The number of hydrogen-bond donors (Lipinski definition) is 2. The van der Waals surface area contributed by atoms with Crippen LogP contribution in [0.15, 0.2) is 18.2 Å². The lowest BCUT2D eigenvalue weighted by Gasteiger charge is -2.43. The maximum absolute atomic E-state index is 13.3. The average molecular weight is 370 g/mol. The number of benzene rings is 1. The Morgan fingerprint density at radius 2 is 1.91 bits per heavy atom. The molecule has 0 aliphatic carbocycles. The summed E-state index contributed by atoms with van der Waals surface area (Å²) in [6.45, 7) is 0.114. The number of hydrogen-bond acceptors (Lipinski definition) is 4. The summed E-state index contributed by atoms with van der Waals surface area (Å²) >= 11 is 11.7. The summed E-state index contributed by atoms with van der Waals surface area (Å²) in [5, 5.41) is 3.36. The molecule has 1 aliphatic rings. The lowest BCUT2D eigenvalue weighted by atomic mass is 9.96. The fourth-order valence-corrected chi connectivity index (χ4v) is 3.32. The number of alkyl halides is 3. The average Bonchev–Trinajstić information content (AvgIpc) is 2.42. The molecule has 3 atom stereocenters. The van der Waals surface area contributed by atoms with Crippen molar-refractivity contribution in [3.05, 3.63) is 28.2 Å². The summed E-state index contributed by atoms with van der Waals surface area (Å²) in [5.74, 6) is 0. The van der Waals surface area contributed by atoms with Gasteiger partial charge in [-0.15, -0.1) is 0 Å². The largest absolute Gasteiger partial charge is 0.405 e. The third-order valence-electron chi connectivity index (χ3n) is 3.72. The van der Waals surface area contributed by atoms with Gasteiger partial charge in [0.2, 0.25) is 0 Å². The molecule has 1 aliphatic heterocycles. The van der Waals surface area contributed by atoms with Gasteiger partial charge >= 0.3 is 6.18 Å². The lowest BCUT2D eigenvalue weighted by molar-refractivity contribution is -0.199. The number of nitrogens with two attached hydrogens (primary N) is 1. The first kappa shape index (κ1) is 18.3. The Balaban J connectivity index is 2.25. The first-order valence-electron chi connectivity index (χ1n) is 6.98. The van der Waals surface area contributed by atoms with Gasteiger partial charge in [0.15, 0.2) is 6.29 Å². The van der Waals surface area contributed by atoms with Crippen molar-refractivity contribution in [3.8, 4) is 0 Å². The molecule has 9 heteroatoms. The van der Waals surface area contributed by atoms with Crippen molar-refractivity contribution in [3.63, 3.8) is 0 Å². The Labute approximate surface area is 141 Å². The van der Waals surface area contributed by atoms with E-state index >= 15 is 0 Å². The molecule has 3 N–H and O–H groups in total. The predicted octanol–water partition coefficient (Wildman–Crippen LogP) is 3.28. The van der Waals surface area contributed by atoms with Crippen LogP contribution in [0.1, 0.15) is 12.8 Å². The highest BCUT2D eigenvalue weighted by Crippen LogP contribution is 2.33. The van der Waals surface area contributed by atoms with Gasteiger partial charge in [0.25, 0.3) is 0 Å². The number of rotatable bonds is 4. The van der Waals surface area contributed by atoms with E-state index in [1.165, 1.54) is 18.2 Å². The van der Waals surface area contributed by atoms with Crippen LogP contribution < -0.4 is 11.1 Å². The molecule has 0 radical (unpaired) electrons. The third kappa shape index (κ3) is 4.50. The van der Waals surface area contributed by atoms with Crippen LogP contribution in [0.25, 0.3) is 0 Å². The van der Waals surface area contributed by atoms with E-state index in [-0.39, 0.29) is 13.0 Å². The summed E-state index contributed by atoms with van der Waals surface area (Å²) in [4.78, 5) is 12.4. The molecule has 3 unspecified atom stereocenters. The number of nitrogens with one attached hydrogen (secondary N) is 1. The van der Waals surface area contributed by atoms with Crippen molar-refractivity contribution >= 4 is 35.2 Å². The lowest BCUT2D eigenvalue weighted by Crippen LogP contribution is -2.63. The minimum atomic E-state index is -4.52. The number of carbonyl (C=O) groups excluding carboxylic acids is 1. The molecular weight excluding hydrogens is 354 g/mol. The molecule has 4 nitrogen and oxygen atoms in total. The fraction of sp³-hybridized carbons (Fsp3) is 0.500. The zero-order valence-corrected chi connectivity index (χ0v) is 13.5. The van der Waals surface area contributed by atoms with Gasteiger partial charge in [0, 0.05) is 28.3 Å². The summed E-state index contributed by atoms with van der Waals surface area (Å²) < 4.78 is 39.9. The highest BCUT2D eigenvalue weighted by atomic mass is 35.5. The van der Waals surface area contributed by atoms with Gasteiger partial charge in [-0.3, -0.25) is 9.69 Å². The van der Waals surface area contributed by atoms with Crippen molar-refractivity contribution in [2.24, 2.45) is 5.73 Å². The first-order valence-corrected chi connectivity index (χ1v) is 7.74. The molecule has 0 saturated carbocycles. The minimum absolute atomic E-state index is 0.114. The topological polar surface area (TPSA) is 58.4 Å². The molecule has 23 heavy (non-hydrogen) atoms. The smallest absolute Gasteiger partial charge is 0.364 e. The second-order valence-corrected chi connectivity index (χ2v) is 6.29. The van der Waals surface area contributed by atoms with E-state index < -0.39 is 24.4 Å². The Kier molecular flexibility index (Phi) is 5.78. The highest BCUT2D eigenvalue weighted by Gasteiger charge is 2.50. The summed E-state index contributed by atoms with van der Waals surface area (Å²) in [7, 11) is 0. The quantitative estimate of drug-likeness (QED) is 0.799. The van der Waals surface area contributed by atoms with Crippen molar-refractivity contribution in [1.82, 2.24) is 4.90 Å². The zero-order chi connectivity index (χ0) is 17.2. The van der Waals surface area contributed by atoms with Gasteiger partial charge in [0.1, 0.15) is 12.2 Å². The van der Waals surface area contributed by atoms with Gasteiger partial charge in [-0.05, 0) is 31.0 Å². The van der Waals surface area contributed by atoms with E-state index in [2.05, 4.69) is 5.32 Å². The first-order chi connectivity index (χ1) is 10.7. The Bertz CT molecular complexity index is 550. The normalized spacial score (nSPS) is 24.3. The maximum Gasteiger partial charge on any atom is 0.405 e. The number of nitrogens with zero attached hydrogens (tertiary/aromatic N) is 1. The molecule has 0 bridgehead atoms. The Hall–Kier alpha value is -1.02. The molecule has 1 heterocycles. The molecule has 1 aromatic rings. The van der Waals surface area contributed by atoms with Crippen LogP contribution in [0.5, 0.6) is 0 Å². The van der Waals surface area contributed by atoms with Crippen LogP contribution >= 0.6 is 23.2 Å². The molecule has 1 saturated heterocycles. The Morgan fingerprint density at radius 3 is 2.43 bits per heavy atom. The fourth-order valence-electron chi connectivity index (χ4n) is 2.80. The van der Waals surface area contributed by atoms with Crippen molar-refractivity contribution in [1.29, 1.82) is 0 Å². The highest BCUT2D eigenvalue weighted by molar-refractivity contribution is 6.35. The predicted molar refractivity (Wildman–Crippen MR) is 83.7 cm³/mol. The molecule has 128 valence electrons. The second kappa shape index (κ2) is 7.25. The van der Waals surface area contributed by atoms with Crippen LogP contribution in [-0.2, 0) is 4.79 Å². The number of halogens is 5. The molecule has 0 amide bonds. The zero-order valence-electron chi connectivity index (χ0n) is 12.0. The monoisotopic (exact) mass is 369 g/mol. The standard InChI is InChI=1S/C14H16Cl2F3N3O/c15-8-4-9(16)6-10(5-8)21-12(7-23)22-3-1-2-11(20)13(22)14(17,18)19/h4-7,11-13,21H,1-3,20H2. The number of piperidine rings is 1. The van der Waals surface area contributed by atoms with Gasteiger partial charge in [-0.2, -0.15) is 13.2 Å². The molecule has 0 spiro atoms. The molecular formula is C14H16Cl2F3N3O. The minimum Gasteiger partial charge on any atom is -0.364 e. The van der Waals surface area contributed by atoms with E-state index in [9.17, 15) is 18.0 Å². The van der Waals surface area contributed by atoms with Crippen LogP contribution in [0.3, 0.4) is 0 Å². The SMILES string of the molecule is NC1CCCN(C(C=O)Nc2cc(Cl)cc(Cl)c2)C1C(F)(F)F. The number of carbonyl (C=O) groups is 1. The van der Waals surface area contributed by atoms with Crippen molar-refractivity contribution in [2.45, 2.75) is 37.3 Å². The molecule has 2 rings (SSSR count). The van der Waals surface area contributed by atoms with Crippen molar-refractivity contribution < 1.29 is 18.0 Å². The van der Waals surface area contributed by atoms with Crippen molar-refractivity contribution in [2.75, 3.05) is 11.9 Å². The maximum atomic E-state index is 13.3. The van der Waals surface area contributed by atoms with E-state index in [1.54, 1.807) is 0 Å². The van der Waals surface area contributed by atoms with Crippen LogP contribution in [0.4, 0.5) is 18.9 Å². The summed E-state index contributed by atoms with van der Waals surface area (Å²) in [6.07, 6.45) is -4.53. The summed E-state index contributed by atoms with van der Waals surface area (Å²) in [6, 6.07) is 1.50. The van der Waals surface area contributed by atoms with Crippen LogP contribution in [0.2, 0.25) is 10.0 Å². The van der Waals surface area contributed by atoms with Gasteiger partial charge in [-0.1, -0.05) is 23.2 Å². The molecule has 0 aromatic heterocycles. The van der Waals surface area contributed by atoms with Crippen LogP contribution in [-0.4, -0.2) is 42.2 Å². The molecule has 1 aromatic carbocycles. The van der Waals surface area contributed by atoms with E-state index in [0.717, 1.165) is 4.90 Å². The van der Waals surface area contributed by atoms with E-state index in [0.29, 0.717) is 28.4 Å². The Morgan fingerprint density at radius 1 is 1.30 bits per heavy atom. The van der Waals surface area contributed by atoms with Gasteiger partial charge in [0.05, 0.1) is 0 Å². The second-order valence-electron chi connectivity index (χ2n) is 5.41. The van der Waals surface area contributed by atoms with Gasteiger partial charge in [-0.25, -0.2) is 0 Å². The third-order valence-corrected chi connectivity index (χ3v) is 4.15. The van der Waals surface area contributed by atoms with E-state index in [1.807, 2.05) is 0 Å². The molecule has 1 fully saturated rings. The van der Waals surface area contributed by atoms with Gasteiger partial charge < -0.3 is 11.1 Å². The van der Waals surface area contributed by atoms with E-state index in [4.69, 9.17) is 28.9 Å². The van der Waals surface area contributed by atoms with Crippen LogP contribution in [0, 0.1) is 0 Å². The summed E-state index contributed by atoms with van der Waals surface area (Å²) in [5.41, 5.74) is 6.00. The number of aldehydes is 1.